The van der Waals surface area contributed by atoms with Gasteiger partial charge in [-0.1, -0.05) is 0 Å². The van der Waals surface area contributed by atoms with Gasteiger partial charge < -0.3 is 10.6 Å². The summed E-state index contributed by atoms with van der Waals surface area (Å²) in [5.74, 6) is 0.168. The molecule has 0 bridgehead atoms. The summed E-state index contributed by atoms with van der Waals surface area (Å²) in [6.45, 7) is 1.41. The SMILES string of the molecule is CN(C)CCn1ncc(Br)c1C(=O)c1cnn(C)c1N. The summed E-state index contributed by atoms with van der Waals surface area (Å²) < 4.78 is 3.81. The van der Waals surface area contributed by atoms with Crippen LogP contribution in [0.5, 0.6) is 0 Å². The van der Waals surface area contributed by atoms with Crippen LogP contribution in [-0.2, 0) is 13.6 Å². The maximum Gasteiger partial charge on any atom is 0.217 e. The monoisotopic (exact) mass is 340 g/mol. The van der Waals surface area contributed by atoms with Crippen LogP contribution in [0.1, 0.15) is 16.1 Å². The van der Waals surface area contributed by atoms with Crippen molar-refractivity contribution in [2.45, 2.75) is 6.54 Å². The highest BCUT2D eigenvalue weighted by molar-refractivity contribution is 9.10. The van der Waals surface area contributed by atoms with E-state index in [0.29, 0.717) is 28.1 Å². The van der Waals surface area contributed by atoms with Crippen LogP contribution >= 0.6 is 15.9 Å². The number of nitrogens with two attached hydrogens (primary N) is 1. The number of nitrogen functional groups attached to an aromatic ring is 1. The Labute approximate surface area is 125 Å². The van der Waals surface area contributed by atoms with Crippen LogP contribution in [-0.4, -0.2) is 50.9 Å². The Hall–Kier alpha value is -1.67. The Bertz CT molecular complexity index is 630. The molecule has 0 radical (unpaired) electrons. The highest BCUT2D eigenvalue weighted by Gasteiger charge is 2.22. The second-order valence-electron chi connectivity index (χ2n) is 4.76. The van der Waals surface area contributed by atoms with Gasteiger partial charge in [0.25, 0.3) is 0 Å². The molecule has 0 saturated heterocycles. The van der Waals surface area contributed by atoms with Crippen LogP contribution in [0, 0.1) is 0 Å². The van der Waals surface area contributed by atoms with E-state index in [4.69, 9.17) is 5.73 Å². The molecule has 0 aliphatic heterocycles. The summed E-state index contributed by atoms with van der Waals surface area (Å²) in [6.07, 6.45) is 3.10. The molecule has 2 aromatic rings. The van der Waals surface area contributed by atoms with Crippen LogP contribution in [0.3, 0.4) is 0 Å². The Morgan fingerprint density at radius 3 is 2.65 bits per heavy atom. The van der Waals surface area contributed by atoms with Gasteiger partial charge in [-0.2, -0.15) is 10.2 Å². The average molecular weight is 341 g/mol. The lowest BCUT2D eigenvalue weighted by Gasteiger charge is -2.11. The molecule has 0 spiro atoms. The summed E-state index contributed by atoms with van der Waals surface area (Å²) in [4.78, 5) is 14.6. The number of halogens is 1. The van der Waals surface area contributed by atoms with Gasteiger partial charge in [-0.15, -0.1) is 0 Å². The van der Waals surface area contributed by atoms with Gasteiger partial charge in [0.05, 0.1) is 29.0 Å². The number of carbonyl (C=O) groups is 1. The van der Waals surface area contributed by atoms with E-state index in [9.17, 15) is 4.79 Å². The fourth-order valence-electron chi connectivity index (χ4n) is 1.80. The minimum atomic E-state index is -0.182. The Morgan fingerprint density at radius 1 is 1.40 bits per heavy atom. The number of nitrogens with zero attached hydrogens (tertiary/aromatic N) is 5. The zero-order valence-corrected chi connectivity index (χ0v) is 13.3. The molecule has 0 aliphatic rings. The molecular formula is C12H17BrN6O. The predicted molar refractivity (Wildman–Crippen MR) is 79.5 cm³/mol. The number of carbonyl (C=O) groups excluding carboxylic acids is 1. The van der Waals surface area contributed by atoms with Crippen molar-refractivity contribution >= 4 is 27.5 Å². The number of ketones is 1. The fourth-order valence-corrected chi connectivity index (χ4v) is 2.28. The van der Waals surface area contributed by atoms with E-state index in [2.05, 4.69) is 26.1 Å². The van der Waals surface area contributed by atoms with Gasteiger partial charge in [0.15, 0.2) is 0 Å². The zero-order chi connectivity index (χ0) is 14.9. The molecule has 0 atom stereocenters. The maximum absolute atomic E-state index is 12.6. The second kappa shape index (κ2) is 5.76. The number of aromatic nitrogens is 4. The normalized spacial score (nSPS) is 11.2. The van der Waals surface area contributed by atoms with E-state index in [0.717, 1.165) is 6.54 Å². The maximum atomic E-state index is 12.6. The Kier molecular flexibility index (Phi) is 4.24. The first-order valence-corrected chi connectivity index (χ1v) is 6.89. The number of likely N-dealkylation sites (N-methyl/N-ethyl adjacent to an activating group) is 1. The molecule has 108 valence electrons. The number of aryl methyl sites for hydroxylation is 1. The largest absolute Gasteiger partial charge is 0.383 e. The van der Waals surface area contributed by atoms with Crippen LogP contribution in [0.4, 0.5) is 5.82 Å². The lowest BCUT2D eigenvalue weighted by molar-refractivity contribution is 0.102. The molecule has 2 aromatic heterocycles. The summed E-state index contributed by atoms with van der Waals surface area (Å²) in [5.41, 5.74) is 6.74. The molecule has 0 saturated carbocycles. The van der Waals surface area contributed by atoms with E-state index >= 15 is 0 Å². The van der Waals surface area contributed by atoms with E-state index in [1.54, 1.807) is 17.9 Å². The van der Waals surface area contributed by atoms with Crippen molar-refractivity contribution < 1.29 is 4.79 Å². The molecule has 7 nitrogen and oxygen atoms in total. The van der Waals surface area contributed by atoms with Crippen LogP contribution < -0.4 is 5.73 Å². The van der Waals surface area contributed by atoms with Gasteiger partial charge in [-0.25, -0.2) is 0 Å². The minimum Gasteiger partial charge on any atom is -0.383 e. The van der Waals surface area contributed by atoms with Crippen molar-refractivity contribution in [1.29, 1.82) is 0 Å². The smallest absolute Gasteiger partial charge is 0.217 e. The lowest BCUT2D eigenvalue weighted by Crippen LogP contribution is -2.22. The lowest BCUT2D eigenvalue weighted by atomic mass is 10.1. The Morgan fingerprint density at radius 2 is 2.10 bits per heavy atom. The second-order valence-corrected chi connectivity index (χ2v) is 5.62. The third-order valence-electron chi connectivity index (χ3n) is 3.00. The summed E-state index contributed by atoms with van der Waals surface area (Å²) in [5, 5.41) is 8.22. The van der Waals surface area contributed by atoms with Gasteiger partial charge in [-0.05, 0) is 30.0 Å². The van der Waals surface area contributed by atoms with Gasteiger partial charge in [0.2, 0.25) is 5.78 Å². The first-order valence-electron chi connectivity index (χ1n) is 6.10. The molecule has 8 heteroatoms. The van der Waals surface area contributed by atoms with E-state index < -0.39 is 0 Å². The summed E-state index contributed by atoms with van der Waals surface area (Å²) in [6, 6.07) is 0. The minimum absolute atomic E-state index is 0.182. The van der Waals surface area contributed by atoms with Gasteiger partial charge in [0.1, 0.15) is 11.5 Å². The van der Waals surface area contributed by atoms with Crippen molar-refractivity contribution in [2.24, 2.45) is 7.05 Å². The highest BCUT2D eigenvalue weighted by Crippen LogP contribution is 2.22. The van der Waals surface area contributed by atoms with Crippen molar-refractivity contribution in [3.8, 4) is 0 Å². The molecule has 0 aromatic carbocycles. The van der Waals surface area contributed by atoms with Crippen LogP contribution in [0.2, 0.25) is 0 Å². The van der Waals surface area contributed by atoms with Gasteiger partial charge >= 0.3 is 0 Å². The quantitative estimate of drug-likeness (QED) is 0.812. The highest BCUT2D eigenvalue weighted by atomic mass is 79.9. The zero-order valence-electron chi connectivity index (χ0n) is 11.7. The fraction of sp³-hybridized carbons (Fsp3) is 0.417. The number of anilines is 1. The van der Waals surface area contributed by atoms with E-state index in [-0.39, 0.29) is 5.78 Å². The first kappa shape index (κ1) is 14.7. The molecular weight excluding hydrogens is 324 g/mol. The van der Waals surface area contributed by atoms with Crippen molar-refractivity contribution in [2.75, 3.05) is 26.4 Å². The molecule has 2 rings (SSSR count). The Balaban J connectivity index is 2.34. The van der Waals surface area contributed by atoms with E-state index in [1.807, 2.05) is 19.0 Å². The van der Waals surface area contributed by atoms with Crippen LogP contribution in [0.15, 0.2) is 16.9 Å². The topological polar surface area (TPSA) is 82.0 Å². The summed E-state index contributed by atoms with van der Waals surface area (Å²) in [7, 11) is 5.64. The van der Waals surface area contributed by atoms with Crippen molar-refractivity contribution in [1.82, 2.24) is 24.5 Å². The molecule has 2 heterocycles. The number of hydrogen-bond donors (Lipinski definition) is 1. The van der Waals surface area contributed by atoms with Crippen LogP contribution in [0.25, 0.3) is 0 Å². The first-order chi connectivity index (χ1) is 9.41. The van der Waals surface area contributed by atoms with Crippen molar-refractivity contribution in [3.05, 3.63) is 28.1 Å². The standard InChI is InChI=1S/C12H17BrN6O/c1-17(2)4-5-19-10(9(13)7-16-19)11(20)8-6-15-18(3)12(8)14/h6-7H,4-5,14H2,1-3H3. The molecule has 20 heavy (non-hydrogen) atoms. The number of hydrogen-bond acceptors (Lipinski definition) is 5. The predicted octanol–water partition coefficient (Wildman–Crippen LogP) is 0.754. The molecule has 0 fully saturated rings. The molecule has 0 aliphatic carbocycles. The van der Waals surface area contributed by atoms with Gasteiger partial charge in [0, 0.05) is 13.6 Å². The van der Waals surface area contributed by atoms with Gasteiger partial charge in [-0.3, -0.25) is 14.2 Å². The third kappa shape index (κ3) is 2.75. The van der Waals surface area contributed by atoms with E-state index in [1.165, 1.54) is 10.9 Å². The molecule has 2 N–H and O–H groups in total. The van der Waals surface area contributed by atoms with Crippen molar-refractivity contribution in [3.63, 3.8) is 0 Å². The number of rotatable bonds is 5. The molecule has 0 unspecified atom stereocenters. The molecule has 0 amide bonds. The third-order valence-corrected chi connectivity index (χ3v) is 3.58. The average Bonchev–Trinajstić information content (AvgIpc) is 2.91. The summed E-state index contributed by atoms with van der Waals surface area (Å²) >= 11 is 3.37.